The third kappa shape index (κ3) is 5.37. The molecule has 0 radical (unpaired) electrons. The maximum atomic E-state index is 10.7. The summed E-state index contributed by atoms with van der Waals surface area (Å²) in [5, 5.41) is 21.6. The van der Waals surface area contributed by atoms with Gasteiger partial charge in [0.25, 0.3) is 5.69 Å². The van der Waals surface area contributed by atoms with Gasteiger partial charge in [-0.1, -0.05) is 0 Å². The van der Waals surface area contributed by atoms with E-state index in [-0.39, 0.29) is 5.69 Å². The van der Waals surface area contributed by atoms with Gasteiger partial charge in [0, 0.05) is 32.2 Å². The van der Waals surface area contributed by atoms with Gasteiger partial charge in [-0.15, -0.1) is 0 Å². The first-order valence-corrected chi connectivity index (χ1v) is 7.61. The van der Waals surface area contributed by atoms with E-state index in [0.717, 1.165) is 51.4 Å². The fraction of sp³-hybridized carbons (Fsp3) is 0.571. The molecule has 0 saturated carbocycles. The minimum Gasteiger partial charge on any atom is -0.465 e. The van der Waals surface area contributed by atoms with Gasteiger partial charge in [0.2, 0.25) is 0 Å². The van der Waals surface area contributed by atoms with Crippen LogP contribution < -0.4 is 10.2 Å². The lowest BCUT2D eigenvalue weighted by molar-refractivity contribution is -0.385. The molecule has 1 aromatic rings. The Bertz CT molecular complexity index is 536. The molecule has 2 rings (SSSR count). The molecular weight excluding hydrogens is 302 g/mol. The first-order chi connectivity index (χ1) is 11.1. The molecule has 1 aliphatic rings. The number of carbonyl (C=O) groups is 1. The van der Waals surface area contributed by atoms with Crippen LogP contribution in [0.5, 0.6) is 0 Å². The molecule has 126 valence electrons. The van der Waals surface area contributed by atoms with Gasteiger partial charge in [-0.2, -0.15) is 0 Å². The number of rotatable bonds is 6. The first kappa shape index (κ1) is 16.9. The third-order valence-electron chi connectivity index (χ3n) is 3.78. The summed E-state index contributed by atoms with van der Waals surface area (Å²) in [6.07, 6.45) is 2.05. The first-order valence-electron chi connectivity index (χ1n) is 7.61. The zero-order valence-electron chi connectivity index (χ0n) is 12.8. The summed E-state index contributed by atoms with van der Waals surface area (Å²) in [5.74, 6) is 0.755. The summed E-state index contributed by atoms with van der Waals surface area (Å²) in [4.78, 5) is 29.2. The number of pyridine rings is 1. The summed E-state index contributed by atoms with van der Waals surface area (Å²) in [6, 6.07) is 3.16. The van der Waals surface area contributed by atoms with Crippen molar-refractivity contribution in [1.82, 2.24) is 15.2 Å². The van der Waals surface area contributed by atoms with Crippen molar-refractivity contribution in [2.75, 3.05) is 44.2 Å². The number of aromatic nitrogens is 1. The minimum atomic E-state index is -0.990. The van der Waals surface area contributed by atoms with E-state index in [4.69, 9.17) is 5.11 Å². The maximum absolute atomic E-state index is 10.7. The third-order valence-corrected chi connectivity index (χ3v) is 3.78. The number of anilines is 1. The zero-order chi connectivity index (χ0) is 16.7. The molecule has 0 aliphatic carbocycles. The molecule has 0 unspecified atom stereocenters. The lowest BCUT2D eigenvalue weighted by Crippen LogP contribution is -2.33. The van der Waals surface area contributed by atoms with Gasteiger partial charge in [-0.3, -0.25) is 10.1 Å². The molecule has 1 aromatic heterocycles. The van der Waals surface area contributed by atoms with E-state index >= 15 is 0 Å². The van der Waals surface area contributed by atoms with Crippen LogP contribution in [0.3, 0.4) is 0 Å². The highest BCUT2D eigenvalue weighted by molar-refractivity contribution is 5.64. The Morgan fingerprint density at radius 3 is 2.83 bits per heavy atom. The van der Waals surface area contributed by atoms with E-state index in [0.29, 0.717) is 6.54 Å². The van der Waals surface area contributed by atoms with Crippen molar-refractivity contribution in [1.29, 1.82) is 0 Å². The van der Waals surface area contributed by atoms with E-state index in [1.807, 2.05) is 0 Å². The van der Waals surface area contributed by atoms with Crippen molar-refractivity contribution >= 4 is 17.6 Å². The van der Waals surface area contributed by atoms with Crippen LogP contribution >= 0.6 is 0 Å². The number of nitrogens with one attached hydrogen (secondary N) is 1. The Labute approximate surface area is 134 Å². The van der Waals surface area contributed by atoms with Crippen molar-refractivity contribution in [2.24, 2.45) is 0 Å². The molecule has 0 spiro atoms. The molecule has 1 fully saturated rings. The van der Waals surface area contributed by atoms with Crippen molar-refractivity contribution in [3.63, 3.8) is 0 Å². The normalized spacial score (nSPS) is 15.9. The lowest BCUT2D eigenvalue weighted by atomic mass is 10.3. The topological polar surface area (TPSA) is 112 Å². The van der Waals surface area contributed by atoms with Crippen molar-refractivity contribution in [3.8, 4) is 0 Å². The molecule has 1 aliphatic heterocycles. The monoisotopic (exact) mass is 323 g/mol. The van der Waals surface area contributed by atoms with Crippen LogP contribution in [-0.2, 0) is 0 Å². The smallest absolute Gasteiger partial charge is 0.404 e. The van der Waals surface area contributed by atoms with E-state index in [2.05, 4.69) is 20.1 Å². The number of nitro groups is 1. The second kappa shape index (κ2) is 8.28. The van der Waals surface area contributed by atoms with Gasteiger partial charge in [-0.25, -0.2) is 9.78 Å². The number of hydrogen-bond acceptors (Lipinski definition) is 6. The van der Waals surface area contributed by atoms with Crippen LogP contribution in [0.15, 0.2) is 18.3 Å². The van der Waals surface area contributed by atoms with E-state index < -0.39 is 11.0 Å². The second-order valence-electron chi connectivity index (χ2n) is 5.40. The predicted molar refractivity (Wildman–Crippen MR) is 84.8 cm³/mol. The summed E-state index contributed by atoms with van der Waals surface area (Å²) < 4.78 is 0. The molecule has 0 atom stereocenters. The standard InChI is InChI=1S/C14H21N5O4/c20-14(21)15-5-1-6-17-7-2-8-18(10-9-17)13-4-3-12(11-16-13)19(22)23/h3-4,11,15H,1-2,5-10H2,(H,20,21). The number of amides is 1. The molecule has 9 nitrogen and oxygen atoms in total. The highest BCUT2D eigenvalue weighted by Crippen LogP contribution is 2.17. The van der Waals surface area contributed by atoms with Crippen LogP contribution in [-0.4, -0.2) is 65.3 Å². The Hall–Kier alpha value is -2.42. The molecular formula is C14H21N5O4. The van der Waals surface area contributed by atoms with Crippen LogP contribution in [0.4, 0.5) is 16.3 Å². The van der Waals surface area contributed by atoms with Gasteiger partial charge in [-0.05, 0) is 32.0 Å². The molecule has 23 heavy (non-hydrogen) atoms. The average molecular weight is 323 g/mol. The van der Waals surface area contributed by atoms with Gasteiger partial charge in [0.15, 0.2) is 0 Å². The fourth-order valence-corrected chi connectivity index (χ4v) is 2.59. The zero-order valence-corrected chi connectivity index (χ0v) is 12.8. The number of carboxylic acid groups (broad SMARTS) is 1. The lowest BCUT2D eigenvalue weighted by Gasteiger charge is -2.22. The molecule has 9 heteroatoms. The number of nitrogens with zero attached hydrogens (tertiary/aromatic N) is 4. The van der Waals surface area contributed by atoms with E-state index in [1.165, 1.54) is 12.3 Å². The summed E-state index contributed by atoms with van der Waals surface area (Å²) in [6.45, 7) is 4.79. The quantitative estimate of drug-likeness (QED) is 0.459. The van der Waals surface area contributed by atoms with Crippen LogP contribution in [0.1, 0.15) is 12.8 Å². The van der Waals surface area contributed by atoms with Crippen molar-refractivity contribution in [3.05, 3.63) is 28.4 Å². The van der Waals surface area contributed by atoms with Crippen molar-refractivity contribution in [2.45, 2.75) is 12.8 Å². The van der Waals surface area contributed by atoms with E-state index in [1.54, 1.807) is 6.07 Å². The highest BCUT2D eigenvalue weighted by atomic mass is 16.6. The highest BCUT2D eigenvalue weighted by Gasteiger charge is 2.16. The molecule has 0 bridgehead atoms. The molecule has 1 saturated heterocycles. The molecule has 2 heterocycles. The summed E-state index contributed by atoms with van der Waals surface area (Å²) >= 11 is 0. The Kier molecular flexibility index (Phi) is 6.10. The average Bonchev–Trinajstić information content (AvgIpc) is 2.77. The van der Waals surface area contributed by atoms with E-state index in [9.17, 15) is 14.9 Å². The Morgan fingerprint density at radius 2 is 2.17 bits per heavy atom. The molecule has 2 N–H and O–H groups in total. The van der Waals surface area contributed by atoms with Crippen LogP contribution in [0.2, 0.25) is 0 Å². The summed E-state index contributed by atoms with van der Waals surface area (Å²) in [5.41, 5.74) is -0.00358. The Balaban J connectivity index is 1.81. The van der Waals surface area contributed by atoms with Crippen LogP contribution in [0.25, 0.3) is 0 Å². The van der Waals surface area contributed by atoms with Gasteiger partial charge in [0.05, 0.1) is 4.92 Å². The SMILES string of the molecule is O=C(O)NCCCN1CCCN(c2ccc([N+](=O)[O-])cn2)CC1. The predicted octanol–water partition coefficient (Wildman–Crippen LogP) is 1.16. The van der Waals surface area contributed by atoms with Gasteiger partial charge in [0.1, 0.15) is 12.0 Å². The number of hydrogen-bond donors (Lipinski definition) is 2. The van der Waals surface area contributed by atoms with Gasteiger partial charge < -0.3 is 20.2 Å². The second-order valence-corrected chi connectivity index (χ2v) is 5.40. The fourth-order valence-electron chi connectivity index (χ4n) is 2.59. The molecule has 1 amide bonds. The van der Waals surface area contributed by atoms with Gasteiger partial charge >= 0.3 is 6.09 Å². The molecule has 0 aromatic carbocycles. The maximum Gasteiger partial charge on any atom is 0.404 e. The van der Waals surface area contributed by atoms with Crippen molar-refractivity contribution < 1.29 is 14.8 Å². The summed E-state index contributed by atoms with van der Waals surface area (Å²) in [7, 11) is 0. The Morgan fingerprint density at radius 1 is 1.35 bits per heavy atom. The largest absolute Gasteiger partial charge is 0.465 e. The van der Waals surface area contributed by atoms with Crippen LogP contribution in [0, 0.1) is 10.1 Å². The minimum absolute atomic E-state index is 0.00358.